The van der Waals surface area contributed by atoms with Crippen LogP contribution < -0.4 is 18.9 Å². The predicted octanol–water partition coefficient (Wildman–Crippen LogP) is 2.00. The molecule has 0 unspecified atom stereocenters. The monoisotopic (exact) mass is 484 g/mol. The number of rotatable bonds is 8. The molecule has 17 heteroatoms. The van der Waals surface area contributed by atoms with Gasteiger partial charge in [0.2, 0.25) is 17.6 Å². The summed E-state index contributed by atoms with van der Waals surface area (Å²) in [5, 5.41) is 3.78. The summed E-state index contributed by atoms with van der Waals surface area (Å²) in [6.07, 6.45) is -7.70. The minimum atomic E-state index is -5.18. The van der Waals surface area contributed by atoms with Crippen molar-refractivity contribution < 1.29 is 44.6 Å². The van der Waals surface area contributed by atoms with Crippen LogP contribution in [0.5, 0.6) is 17.6 Å². The highest BCUT2D eigenvalue weighted by Gasteiger charge is 2.40. The Labute approximate surface area is 176 Å². The van der Waals surface area contributed by atoms with E-state index in [4.69, 9.17) is 9.47 Å². The number of halogens is 5. The fourth-order valence-electron chi connectivity index (χ4n) is 2.44. The molecule has 3 aromatic heterocycles. The van der Waals surface area contributed by atoms with Crippen molar-refractivity contribution in [2.75, 3.05) is 25.5 Å². The van der Waals surface area contributed by atoms with Gasteiger partial charge in [0.1, 0.15) is 0 Å². The Hall–Kier alpha value is -3.50. The van der Waals surface area contributed by atoms with Gasteiger partial charge in [0, 0.05) is 6.20 Å². The van der Waals surface area contributed by atoms with Crippen molar-refractivity contribution in [3.63, 3.8) is 0 Å². The number of hydrogen-bond acceptors (Lipinski definition) is 9. The van der Waals surface area contributed by atoms with E-state index in [1.807, 2.05) is 0 Å². The summed E-state index contributed by atoms with van der Waals surface area (Å²) >= 11 is 0. The standard InChI is InChI=1S/C15H13F5N6O5S/c1-29-9-5-10(30-2)26-14(22-9)23-13(24-26)25-32(27,28)11-7(15(18,19)20)3-4-21-12(11)31-6-8(16)17/h3-5,8H,6H2,1-2H3,(H,24,25). The summed E-state index contributed by atoms with van der Waals surface area (Å²) < 4.78 is 108. The second kappa shape index (κ2) is 8.56. The number of fused-ring (bicyclic) bond motifs is 1. The zero-order chi connectivity index (χ0) is 23.7. The van der Waals surface area contributed by atoms with Gasteiger partial charge in [-0.05, 0) is 6.07 Å². The van der Waals surface area contributed by atoms with Gasteiger partial charge in [-0.25, -0.2) is 26.9 Å². The molecule has 3 aromatic rings. The number of hydrogen-bond donors (Lipinski definition) is 1. The largest absolute Gasteiger partial charge is 0.481 e. The molecule has 0 spiro atoms. The number of anilines is 1. The summed E-state index contributed by atoms with van der Waals surface area (Å²) in [6.45, 7) is -1.38. The number of nitrogens with zero attached hydrogens (tertiary/aromatic N) is 5. The van der Waals surface area contributed by atoms with E-state index in [0.29, 0.717) is 12.3 Å². The molecular weight excluding hydrogens is 471 g/mol. The van der Waals surface area contributed by atoms with Crippen LogP contribution in [0.15, 0.2) is 23.2 Å². The van der Waals surface area contributed by atoms with Crippen LogP contribution in [0.2, 0.25) is 0 Å². The van der Waals surface area contributed by atoms with Crippen molar-refractivity contribution in [3.8, 4) is 17.6 Å². The molecule has 11 nitrogen and oxygen atoms in total. The van der Waals surface area contributed by atoms with Gasteiger partial charge in [-0.1, -0.05) is 0 Å². The smallest absolute Gasteiger partial charge is 0.418 e. The van der Waals surface area contributed by atoms with E-state index < -0.39 is 51.5 Å². The quantitative estimate of drug-likeness (QED) is 0.477. The van der Waals surface area contributed by atoms with E-state index in [0.717, 1.165) is 4.52 Å². The molecule has 3 rings (SSSR count). The van der Waals surface area contributed by atoms with E-state index in [1.165, 1.54) is 20.3 Å². The average molecular weight is 484 g/mol. The molecule has 0 saturated heterocycles. The van der Waals surface area contributed by atoms with E-state index in [2.05, 4.69) is 24.8 Å². The van der Waals surface area contributed by atoms with Crippen molar-refractivity contribution in [2.45, 2.75) is 17.5 Å². The van der Waals surface area contributed by atoms with Crippen molar-refractivity contribution in [3.05, 3.63) is 23.9 Å². The summed E-state index contributed by atoms with van der Waals surface area (Å²) in [7, 11) is -2.58. The van der Waals surface area contributed by atoms with Crippen LogP contribution in [0.4, 0.5) is 27.9 Å². The Kier molecular flexibility index (Phi) is 6.20. The molecule has 0 aliphatic carbocycles. The van der Waals surface area contributed by atoms with Gasteiger partial charge in [0.25, 0.3) is 28.2 Å². The van der Waals surface area contributed by atoms with Crippen LogP contribution >= 0.6 is 0 Å². The number of ether oxygens (including phenoxy) is 3. The fourth-order valence-corrected chi connectivity index (χ4v) is 3.69. The average Bonchev–Trinajstić information content (AvgIpc) is 3.11. The molecule has 0 aliphatic heterocycles. The molecule has 0 aromatic carbocycles. The molecule has 32 heavy (non-hydrogen) atoms. The Morgan fingerprint density at radius 3 is 2.50 bits per heavy atom. The first kappa shape index (κ1) is 23.2. The van der Waals surface area contributed by atoms with Gasteiger partial charge in [0.15, 0.2) is 11.5 Å². The maximum Gasteiger partial charge on any atom is 0.418 e. The number of aromatic nitrogens is 5. The molecule has 3 heterocycles. The van der Waals surface area contributed by atoms with Gasteiger partial charge in [-0.3, -0.25) is 0 Å². The summed E-state index contributed by atoms with van der Waals surface area (Å²) in [4.78, 5) is 9.51. The van der Waals surface area contributed by atoms with Crippen LogP contribution in [-0.4, -0.2) is 60.2 Å². The normalized spacial score (nSPS) is 12.2. The topological polar surface area (TPSA) is 130 Å². The van der Waals surface area contributed by atoms with E-state index in [9.17, 15) is 30.4 Å². The summed E-state index contributed by atoms with van der Waals surface area (Å²) in [6, 6.07) is 1.65. The molecule has 1 N–H and O–H groups in total. The van der Waals surface area contributed by atoms with E-state index in [-0.39, 0.29) is 17.5 Å². The summed E-state index contributed by atoms with van der Waals surface area (Å²) in [5.74, 6) is -2.03. The first-order chi connectivity index (χ1) is 15.0. The van der Waals surface area contributed by atoms with Crippen LogP contribution in [0.1, 0.15) is 5.56 Å². The maximum atomic E-state index is 13.4. The van der Waals surface area contributed by atoms with Crippen molar-refractivity contribution in [2.24, 2.45) is 0 Å². The highest BCUT2D eigenvalue weighted by atomic mass is 32.2. The predicted molar refractivity (Wildman–Crippen MR) is 95.4 cm³/mol. The van der Waals surface area contributed by atoms with Crippen molar-refractivity contribution in [1.82, 2.24) is 24.6 Å². The third-order valence-corrected chi connectivity index (χ3v) is 5.08. The zero-order valence-electron chi connectivity index (χ0n) is 16.1. The fraction of sp³-hybridized carbons (Fsp3) is 0.333. The molecule has 0 bridgehead atoms. The van der Waals surface area contributed by atoms with Crippen LogP contribution in [-0.2, 0) is 16.2 Å². The number of nitrogens with one attached hydrogen (secondary N) is 1. The minimum Gasteiger partial charge on any atom is -0.481 e. The highest BCUT2D eigenvalue weighted by Crippen LogP contribution is 2.38. The van der Waals surface area contributed by atoms with Crippen molar-refractivity contribution >= 4 is 21.7 Å². The molecule has 174 valence electrons. The number of methoxy groups -OCH3 is 2. The van der Waals surface area contributed by atoms with E-state index >= 15 is 0 Å². The molecule has 0 atom stereocenters. The lowest BCUT2D eigenvalue weighted by molar-refractivity contribution is -0.140. The number of sulfonamides is 1. The molecule has 0 aliphatic rings. The minimum absolute atomic E-state index is 0.0168. The van der Waals surface area contributed by atoms with E-state index in [1.54, 1.807) is 4.72 Å². The SMILES string of the molecule is COc1cc(OC)n2nc(NS(=O)(=O)c3c(C(F)(F)F)ccnc3OCC(F)F)nc2n1. The molecule has 0 amide bonds. The second-order valence-corrected chi connectivity index (χ2v) is 7.41. The first-order valence-electron chi connectivity index (χ1n) is 8.32. The second-order valence-electron chi connectivity index (χ2n) is 5.79. The maximum absolute atomic E-state index is 13.4. The van der Waals surface area contributed by atoms with Crippen LogP contribution in [0, 0.1) is 0 Å². The first-order valence-corrected chi connectivity index (χ1v) is 9.80. The third-order valence-electron chi connectivity index (χ3n) is 3.69. The lowest BCUT2D eigenvalue weighted by Crippen LogP contribution is -2.22. The number of pyridine rings is 1. The zero-order valence-corrected chi connectivity index (χ0v) is 16.9. The lowest BCUT2D eigenvalue weighted by Gasteiger charge is -2.16. The van der Waals surface area contributed by atoms with Gasteiger partial charge in [0.05, 0.1) is 25.8 Å². The van der Waals surface area contributed by atoms with Gasteiger partial charge in [-0.2, -0.15) is 27.7 Å². The van der Waals surface area contributed by atoms with Crippen LogP contribution in [0.25, 0.3) is 5.78 Å². The van der Waals surface area contributed by atoms with Gasteiger partial charge < -0.3 is 14.2 Å². The van der Waals surface area contributed by atoms with Crippen LogP contribution in [0.3, 0.4) is 0 Å². The summed E-state index contributed by atoms with van der Waals surface area (Å²) in [5.41, 5.74) is -1.69. The molecule has 0 radical (unpaired) electrons. The highest BCUT2D eigenvalue weighted by molar-refractivity contribution is 7.92. The Morgan fingerprint density at radius 2 is 1.91 bits per heavy atom. The lowest BCUT2D eigenvalue weighted by atomic mass is 10.2. The van der Waals surface area contributed by atoms with Gasteiger partial charge >= 0.3 is 6.18 Å². The Balaban J connectivity index is 2.10. The molecule has 0 fully saturated rings. The molecule has 0 saturated carbocycles. The third kappa shape index (κ3) is 4.71. The molecular formula is C15H13F5N6O5S. The Bertz CT molecular complexity index is 1230. The number of alkyl halides is 5. The Morgan fingerprint density at radius 1 is 1.19 bits per heavy atom. The van der Waals surface area contributed by atoms with Gasteiger partial charge in [-0.15, -0.1) is 5.10 Å². The van der Waals surface area contributed by atoms with Crippen molar-refractivity contribution in [1.29, 1.82) is 0 Å².